The lowest BCUT2D eigenvalue weighted by Crippen LogP contribution is -2.12. The normalized spacial score (nSPS) is 24.7. The number of hydrogen-bond donors (Lipinski definition) is 0. The molecule has 2 aliphatic carbocycles. The Balaban J connectivity index is 1.97. The van der Waals surface area contributed by atoms with E-state index in [1.165, 1.54) is 50.5 Å². The Morgan fingerprint density at radius 2 is 1.80 bits per heavy atom. The first-order valence-corrected chi connectivity index (χ1v) is 7.26. The molecule has 1 nitrogen and oxygen atoms in total. The van der Waals surface area contributed by atoms with E-state index in [-0.39, 0.29) is 0 Å². The molecular formula is C13H19IO. The fourth-order valence-electron chi connectivity index (χ4n) is 2.81. The molecular weight excluding hydrogens is 299 g/mol. The molecule has 2 rings (SSSR count). The van der Waals surface area contributed by atoms with Crippen LogP contribution in [0.25, 0.3) is 0 Å². The molecule has 1 fully saturated rings. The van der Waals surface area contributed by atoms with Crippen molar-refractivity contribution in [2.75, 3.05) is 0 Å². The molecule has 15 heavy (non-hydrogen) atoms. The molecule has 0 saturated heterocycles. The maximum absolute atomic E-state index is 11.6. The van der Waals surface area contributed by atoms with Crippen LogP contribution in [0.3, 0.4) is 0 Å². The summed E-state index contributed by atoms with van der Waals surface area (Å²) in [4.78, 5) is 11.6. The highest BCUT2D eigenvalue weighted by Crippen LogP contribution is 2.35. The molecule has 2 heteroatoms. The molecule has 0 unspecified atom stereocenters. The van der Waals surface area contributed by atoms with Crippen LogP contribution < -0.4 is 0 Å². The van der Waals surface area contributed by atoms with E-state index in [4.69, 9.17) is 0 Å². The first kappa shape index (κ1) is 11.6. The lowest BCUT2D eigenvalue weighted by atomic mass is 9.82. The van der Waals surface area contributed by atoms with Gasteiger partial charge in [-0.25, -0.2) is 0 Å². The minimum Gasteiger partial charge on any atom is -0.294 e. The summed E-state index contributed by atoms with van der Waals surface area (Å²) < 4.78 is 1.07. The van der Waals surface area contributed by atoms with Crippen molar-refractivity contribution in [3.05, 3.63) is 9.15 Å². The third kappa shape index (κ3) is 3.05. The number of carbonyl (C=O) groups excluding carboxylic acids is 1. The third-order valence-electron chi connectivity index (χ3n) is 3.70. The number of Topliss-reactive ketones (excluding diaryl/α,β-unsaturated/α-hetero) is 1. The summed E-state index contributed by atoms with van der Waals surface area (Å²) in [7, 11) is 0. The van der Waals surface area contributed by atoms with Gasteiger partial charge in [0.1, 0.15) is 0 Å². The summed E-state index contributed by atoms with van der Waals surface area (Å²) in [6, 6.07) is 0. The summed E-state index contributed by atoms with van der Waals surface area (Å²) in [6.07, 6.45) is 11.3. The molecule has 0 aromatic heterocycles. The first-order chi connectivity index (χ1) is 7.27. The Morgan fingerprint density at radius 3 is 2.53 bits per heavy atom. The van der Waals surface area contributed by atoms with Crippen LogP contribution in [-0.4, -0.2) is 5.78 Å². The molecule has 1 saturated carbocycles. The van der Waals surface area contributed by atoms with Crippen LogP contribution in [0.15, 0.2) is 9.15 Å². The predicted octanol–water partition coefficient (Wildman–Crippen LogP) is 4.40. The van der Waals surface area contributed by atoms with Gasteiger partial charge in [0.15, 0.2) is 5.78 Å². The topological polar surface area (TPSA) is 17.1 Å². The second-order valence-electron chi connectivity index (χ2n) is 4.90. The highest BCUT2D eigenvalue weighted by Gasteiger charge is 2.21. The fraction of sp³-hybridized carbons (Fsp3) is 0.769. The van der Waals surface area contributed by atoms with E-state index in [2.05, 4.69) is 22.6 Å². The predicted molar refractivity (Wildman–Crippen MR) is 71.1 cm³/mol. The first-order valence-electron chi connectivity index (χ1n) is 6.18. The van der Waals surface area contributed by atoms with Gasteiger partial charge in [-0.2, -0.15) is 0 Å². The van der Waals surface area contributed by atoms with Crippen LogP contribution in [0, 0.1) is 5.92 Å². The van der Waals surface area contributed by atoms with E-state index >= 15 is 0 Å². The summed E-state index contributed by atoms with van der Waals surface area (Å²) in [6.45, 7) is 0. The van der Waals surface area contributed by atoms with E-state index in [1.807, 2.05) is 0 Å². The van der Waals surface area contributed by atoms with Crippen molar-refractivity contribution in [2.24, 2.45) is 5.92 Å². The van der Waals surface area contributed by atoms with Crippen molar-refractivity contribution in [1.82, 2.24) is 0 Å². The molecule has 0 amide bonds. The van der Waals surface area contributed by atoms with Gasteiger partial charge < -0.3 is 0 Å². The van der Waals surface area contributed by atoms with Gasteiger partial charge in [-0.1, -0.05) is 37.7 Å². The third-order valence-corrected chi connectivity index (χ3v) is 5.06. The zero-order chi connectivity index (χ0) is 10.7. The maximum atomic E-state index is 11.6. The number of carbonyl (C=O) groups is 1. The summed E-state index contributed by atoms with van der Waals surface area (Å²) in [5, 5.41) is 0. The van der Waals surface area contributed by atoms with Crippen molar-refractivity contribution in [1.29, 1.82) is 0 Å². The highest BCUT2D eigenvalue weighted by molar-refractivity contribution is 14.1. The van der Waals surface area contributed by atoms with Crippen molar-refractivity contribution in [3.8, 4) is 0 Å². The molecule has 84 valence electrons. The Labute approximate surface area is 106 Å². The van der Waals surface area contributed by atoms with Gasteiger partial charge in [-0.3, -0.25) is 4.79 Å². The second-order valence-corrected chi connectivity index (χ2v) is 5.98. The Kier molecular flexibility index (Phi) is 4.23. The number of hydrogen-bond acceptors (Lipinski definition) is 1. The SMILES string of the molecule is O=C1CCCC(CC2CCCCC2)=C1I. The molecule has 0 spiro atoms. The van der Waals surface area contributed by atoms with Crippen LogP contribution in [0.1, 0.15) is 57.8 Å². The molecule has 0 bridgehead atoms. The number of ketones is 1. The van der Waals surface area contributed by atoms with Gasteiger partial charge in [0.05, 0.1) is 3.58 Å². The van der Waals surface area contributed by atoms with Crippen molar-refractivity contribution >= 4 is 28.4 Å². The summed E-state index contributed by atoms with van der Waals surface area (Å²) in [5.41, 5.74) is 1.47. The van der Waals surface area contributed by atoms with E-state index < -0.39 is 0 Å². The maximum Gasteiger partial charge on any atom is 0.168 e. The van der Waals surface area contributed by atoms with Crippen molar-refractivity contribution < 1.29 is 4.79 Å². The average Bonchev–Trinajstić information content (AvgIpc) is 2.26. The van der Waals surface area contributed by atoms with Crippen LogP contribution in [0.4, 0.5) is 0 Å². The van der Waals surface area contributed by atoms with Gasteiger partial charge in [0.25, 0.3) is 0 Å². The zero-order valence-corrected chi connectivity index (χ0v) is 11.4. The Morgan fingerprint density at radius 1 is 1.07 bits per heavy atom. The molecule has 0 aliphatic heterocycles. The molecule has 0 aromatic rings. The smallest absolute Gasteiger partial charge is 0.168 e. The van der Waals surface area contributed by atoms with Gasteiger partial charge in [-0.15, -0.1) is 0 Å². The lowest BCUT2D eigenvalue weighted by Gasteiger charge is -2.25. The molecule has 0 N–H and O–H groups in total. The minimum absolute atomic E-state index is 0.396. The zero-order valence-electron chi connectivity index (χ0n) is 9.23. The molecule has 0 aromatic carbocycles. The van der Waals surface area contributed by atoms with E-state index in [9.17, 15) is 4.79 Å². The summed E-state index contributed by atoms with van der Waals surface area (Å²) >= 11 is 2.27. The molecule has 0 radical (unpaired) electrons. The number of halogens is 1. The quantitative estimate of drug-likeness (QED) is 0.690. The number of rotatable bonds is 2. The summed E-state index contributed by atoms with van der Waals surface area (Å²) in [5.74, 6) is 1.28. The van der Waals surface area contributed by atoms with Crippen LogP contribution in [0.5, 0.6) is 0 Å². The van der Waals surface area contributed by atoms with Crippen molar-refractivity contribution in [2.45, 2.75) is 57.8 Å². The Bertz CT molecular complexity index is 274. The average molecular weight is 318 g/mol. The monoisotopic (exact) mass is 318 g/mol. The van der Waals surface area contributed by atoms with Crippen LogP contribution in [0.2, 0.25) is 0 Å². The van der Waals surface area contributed by atoms with E-state index in [0.717, 1.165) is 22.3 Å². The van der Waals surface area contributed by atoms with Gasteiger partial charge in [0, 0.05) is 6.42 Å². The van der Waals surface area contributed by atoms with Crippen molar-refractivity contribution in [3.63, 3.8) is 0 Å². The van der Waals surface area contributed by atoms with Gasteiger partial charge in [0.2, 0.25) is 0 Å². The van der Waals surface area contributed by atoms with Gasteiger partial charge in [-0.05, 0) is 47.8 Å². The van der Waals surface area contributed by atoms with Gasteiger partial charge >= 0.3 is 0 Å². The highest BCUT2D eigenvalue weighted by atomic mass is 127. The fourth-order valence-corrected chi connectivity index (χ4v) is 3.57. The van der Waals surface area contributed by atoms with E-state index in [0.29, 0.717) is 5.78 Å². The number of allylic oxidation sites excluding steroid dienone is 2. The molecule has 0 atom stereocenters. The molecule has 0 heterocycles. The van der Waals surface area contributed by atoms with E-state index in [1.54, 1.807) is 0 Å². The second kappa shape index (κ2) is 5.46. The van der Waals surface area contributed by atoms with Crippen LogP contribution in [-0.2, 0) is 4.79 Å². The minimum atomic E-state index is 0.396. The standard InChI is InChI=1S/C13H19IO/c14-13-11(7-4-8-12(13)15)9-10-5-2-1-3-6-10/h10H,1-9H2. The molecule has 2 aliphatic rings. The van der Waals surface area contributed by atoms with Crippen LogP contribution >= 0.6 is 22.6 Å². The largest absolute Gasteiger partial charge is 0.294 e. The lowest BCUT2D eigenvalue weighted by molar-refractivity contribution is -0.115. The Hall–Kier alpha value is 0.140.